The number of halogens is 1. The fourth-order valence-corrected chi connectivity index (χ4v) is 3.04. The number of nitrogens with zero attached hydrogens (tertiary/aromatic N) is 1. The van der Waals surface area contributed by atoms with E-state index in [1.807, 2.05) is 0 Å². The fourth-order valence-electron chi connectivity index (χ4n) is 2.68. The summed E-state index contributed by atoms with van der Waals surface area (Å²) in [5.74, 6) is 0. The Labute approximate surface area is 122 Å². The number of ether oxygens (including phenoxy) is 1. The van der Waals surface area contributed by atoms with Gasteiger partial charge in [0, 0.05) is 34.7 Å². The molecule has 1 saturated heterocycles. The molecule has 1 aromatic heterocycles. The molecule has 4 heteroatoms. The van der Waals surface area contributed by atoms with Crippen LogP contribution in [0.5, 0.6) is 0 Å². The molecule has 0 spiro atoms. The van der Waals surface area contributed by atoms with Crippen LogP contribution in [0.3, 0.4) is 0 Å². The van der Waals surface area contributed by atoms with Gasteiger partial charge in [-0.2, -0.15) is 0 Å². The van der Waals surface area contributed by atoms with Crippen LogP contribution in [0.4, 0.5) is 0 Å². The van der Waals surface area contributed by atoms with E-state index in [1.165, 1.54) is 29.4 Å². The summed E-state index contributed by atoms with van der Waals surface area (Å²) in [4.78, 5) is 5.85. The molecule has 19 heavy (non-hydrogen) atoms. The molecule has 102 valence electrons. The van der Waals surface area contributed by atoms with Crippen molar-refractivity contribution in [3.05, 3.63) is 34.4 Å². The Bertz CT molecular complexity index is 546. The van der Waals surface area contributed by atoms with Crippen LogP contribution in [0.2, 0.25) is 0 Å². The van der Waals surface area contributed by atoms with E-state index in [1.54, 1.807) is 0 Å². The highest BCUT2D eigenvalue weighted by atomic mass is 79.9. The van der Waals surface area contributed by atoms with Crippen molar-refractivity contribution in [1.29, 1.82) is 0 Å². The van der Waals surface area contributed by atoms with Gasteiger partial charge in [0.2, 0.25) is 0 Å². The number of benzene rings is 1. The lowest BCUT2D eigenvalue weighted by Crippen LogP contribution is -2.36. The summed E-state index contributed by atoms with van der Waals surface area (Å²) in [6.45, 7) is 5.12. The first-order valence-corrected chi connectivity index (χ1v) is 7.68. The molecule has 2 aromatic rings. The lowest BCUT2D eigenvalue weighted by Gasteiger charge is -2.26. The largest absolute Gasteiger partial charge is 0.379 e. The van der Waals surface area contributed by atoms with Gasteiger partial charge in [0.25, 0.3) is 0 Å². The van der Waals surface area contributed by atoms with Crippen LogP contribution in [0.25, 0.3) is 10.9 Å². The molecule has 1 aliphatic heterocycles. The van der Waals surface area contributed by atoms with Crippen molar-refractivity contribution in [2.45, 2.75) is 12.8 Å². The van der Waals surface area contributed by atoms with E-state index in [-0.39, 0.29) is 0 Å². The fraction of sp³-hybridized carbons (Fsp3) is 0.467. The Morgan fingerprint density at radius 2 is 2.11 bits per heavy atom. The van der Waals surface area contributed by atoms with E-state index >= 15 is 0 Å². The van der Waals surface area contributed by atoms with E-state index < -0.39 is 0 Å². The summed E-state index contributed by atoms with van der Waals surface area (Å²) in [5.41, 5.74) is 2.64. The summed E-state index contributed by atoms with van der Waals surface area (Å²) in [6.07, 6.45) is 4.50. The van der Waals surface area contributed by atoms with E-state index in [2.05, 4.69) is 50.2 Å². The van der Waals surface area contributed by atoms with Gasteiger partial charge in [-0.3, -0.25) is 4.90 Å². The third kappa shape index (κ3) is 3.19. The average molecular weight is 323 g/mol. The SMILES string of the molecule is Brc1ccc2c(CCCN3CCOCC3)c[nH]c2c1. The quantitative estimate of drug-likeness (QED) is 0.936. The van der Waals surface area contributed by atoms with Crippen molar-refractivity contribution >= 4 is 26.8 Å². The highest BCUT2D eigenvalue weighted by Crippen LogP contribution is 2.23. The number of H-pyrrole nitrogens is 1. The summed E-state index contributed by atoms with van der Waals surface area (Å²) in [7, 11) is 0. The van der Waals surface area contributed by atoms with Crippen molar-refractivity contribution in [3.63, 3.8) is 0 Å². The summed E-state index contributed by atoms with van der Waals surface area (Å²) in [6, 6.07) is 6.45. The lowest BCUT2D eigenvalue weighted by molar-refractivity contribution is 0.0375. The number of aromatic nitrogens is 1. The molecule has 0 amide bonds. The number of hydrogen-bond donors (Lipinski definition) is 1. The van der Waals surface area contributed by atoms with Crippen molar-refractivity contribution < 1.29 is 4.74 Å². The Hall–Kier alpha value is -0.840. The first-order valence-electron chi connectivity index (χ1n) is 6.88. The van der Waals surface area contributed by atoms with Gasteiger partial charge < -0.3 is 9.72 Å². The van der Waals surface area contributed by atoms with E-state index in [9.17, 15) is 0 Å². The van der Waals surface area contributed by atoms with Gasteiger partial charge in [-0.05, 0) is 37.1 Å². The third-order valence-electron chi connectivity index (χ3n) is 3.75. The van der Waals surface area contributed by atoms with Gasteiger partial charge >= 0.3 is 0 Å². The smallest absolute Gasteiger partial charge is 0.0594 e. The van der Waals surface area contributed by atoms with E-state index in [0.29, 0.717) is 0 Å². The number of aromatic amines is 1. The molecule has 0 radical (unpaired) electrons. The lowest BCUT2D eigenvalue weighted by atomic mass is 10.1. The van der Waals surface area contributed by atoms with Crippen LogP contribution in [0.15, 0.2) is 28.9 Å². The molecule has 1 fully saturated rings. The van der Waals surface area contributed by atoms with Crippen molar-refractivity contribution in [2.24, 2.45) is 0 Å². The Kier molecular flexibility index (Phi) is 4.21. The number of aryl methyl sites for hydroxylation is 1. The van der Waals surface area contributed by atoms with Crippen molar-refractivity contribution in [3.8, 4) is 0 Å². The summed E-state index contributed by atoms with van der Waals surface area (Å²) in [5, 5.41) is 1.35. The average Bonchev–Trinajstić information content (AvgIpc) is 2.82. The zero-order valence-corrected chi connectivity index (χ0v) is 12.6. The normalized spacial score (nSPS) is 17.1. The van der Waals surface area contributed by atoms with Crippen LogP contribution in [0.1, 0.15) is 12.0 Å². The van der Waals surface area contributed by atoms with E-state index in [4.69, 9.17) is 4.74 Å². The summed E-state index contributed by atoms with van der Waals surface area (Å²) >= 11 is 3.51. The van der Waals surface area contributed by atoms with Crippen molar-refractivity contribution in [2.75, 3.05) is 32.8 Å². The highest BCUT2D eigenvalue weighted by Gasteiger charge is 2.10. The minimum atomic E-state index is 0.890. The maximum Gasteiger partial charge on any atom is 0.0594 e. The van der Waals surface area contributed by atoms with Gasteiger partial charge in [-0.15, -0.1) is 0 Å². The second-order valence-electron chi connectivity index (χ2n) is 5.06. The second kappa shape index (κ2) is 6.07. The van der Waals surface area contributed by atoms with Gasteiger partial charge in [0.15, 0.2) is 0 Å². The maximum absolute atomic E-state index is 5.37. The molecule has 0 saturated carbocycles. The number of rotatable bonds is 4. The van der Waals surface area contributed by atoms with Crippen LogP contribution < -0.4 is 0 Å². The highest BCUT2D eigenvalue weighted by molar-refractivity contribution is 9.10. The first-order chi connectivity index (χ1) is 9.33. The van der Waals surface area contributed by atoms with Gasteiger partial charge in [0.1, 0.15) is 0 Å². The maximum atomic E-state index is 5.37. The number of nitrogens with one attached hydrogen (secondary N) is 1. The Balaban J connectivity index is 1.59. The molecule has 3 rings (SSSR count). The topological polar surface area (TPSA) is 28.3 Å². The number of hydrogen-bond acceptors (Lipinski definition) is 2. The second-order valence-corrected chi connectivity index (χ2v) is 5.98. The monoisotopic (exact) mass is 322 g/mol. The van der Waals surface area contributed by atoms with E-state index in [0.717, 1.165) is 37.2 Å². The number of morpholine rings is 1. The molecule has 1 aromatic carbocycles. The predicted octanol–water partition coefficient (Wildman–Crippen LogP) is 3.20. The van der Waals surface area contributed by atoms with Crippen LogP contribution in [-0.4, -0.2) is 42.7 Å². The Morgan fingerprint density at radius 3 is 2.95 bits per heavy atom. The molecule has 2 heterocycles. The molecule has 3 nitrogen and oxygen atoms in total. The Morgan fingerprint density at radius 1 is 1.26 bits per heavy atom. The molecule has 0 bridgehead atoms. The number of fused-ring (bicyclic) bond motifs is 1. The zero-order chi connectivity index (χ0) is 13.1. The molecule has 1 N–H and O–H groups in total. The summed E-state index contributed by atoms with van der Waals surface area (Å²) < 4.78 is 6.50. The minimum Gasteiger partial charge on any atom is -0.379 e. The molecular formula is C15H19BrN2O. The van der Waals surface area contributed by atoms with Crippen LogP contribution >= 0.6 is 15.9 Å². The molecule has 0 unspecified atom stereocenters. The molecule has 0 atom stereocenters. The third-order valence-corrected chi connectivity index (χ3v) is 4.25. The van der Waals surface area contributed by atoms with Crippen molar-refractivity contribution in [1.82, 2.24) is 9.88 Å². The predicted molar refractivity (Wildman–Crippen MR) is 81.6 cm³/mol. The molecular weight excluding hydrogens is 304 g/mol. The van der Waals surface area contributed by atoms with Gasteiger partial charge in [0.05, 0.1) is 13.2 Å². The molecule has 0 aliphatic carbocycles. The minimum absolute atomic E-state index is 0.890. The van der Waals surface area contributed by atoms with Gasteiger partial charge in [-0.25, -0.2) is 0 Å². The molecule has 1 aliphatic rings. The van der Waals surface area contributed by atoms with Crippen LogP contribution in [-0.2, 0) is 11.2 Å². The van der Waals surface area contributed by atoms with Crippen LogP contribution in [0, 0.1) is 0 Å². The first kappa shape index (κ1) is 13.2. The zero-order valence-electron chi connectivity index (χ0n) is 11.0. The standard InChI is InChI=1S/C15H19BrN2O/c16-13-3-4-14-12(11-17-15(14)10-13)2-1-5-18-6-8-19-9-7-18/h3-4,10-11,17H,1-2,5-9H2. The van der Waals surface area contributed by atoms with Gasteiger partial charge in [-0.1, -0.05) is 22.0 Å².